The van der Waals surface area contributed by atoms with Crippen molar-refractivity contribution in [1.29, 1.82) is 0 Å². The highest BCUT2D eigenvalue weighted by atomic mass is 32.2. The van der Waals surface area contributed by atoms with Gasteiger partial charge in [0.15, 0.2) is 5.82 Å². The molecule has 0 N–H and O–H groups in total. The van der Waals surface area contributed by atoms with E-state index in [1.54, 1.807) is 47.6 Å². The highest BCUT2D eigenvalue weighted by Crippen LogP contribution is 2.40. The van der Waals surface area contributed by atoms with Gasteiger partial charge in [-0.15, -0.1) is 11.3 Å². The van der Waals surface area contributed by atoms with E-state index in [4.69, 9.17) is 13.9 Å². The Kier molecular flexibility index (Phi) is 6.13. The first kappa shape index (κ1) is 24.1. The van der Waals surface area contributed by atoms with Gasteiger partial charge < -0.3 is 13.8 Å². The number of benzene rings is 1. The molecule has 0 fully saturated rings. The average molecular weight is 525 g/mol. The van der Waals surface area contributed by atoms with E-state index < -0.39 is 21.8 Å². The molecule has 36 heavy (non-hydrogen) atoms. The van der Waals surface area contributed by atoms with Crippen molar-refractivity contribution in [3.05, 3.63) is 65.3 Å². The Morgan fingerprint density at radius 3 is 2.47 bits per heavy atom. The topological polar surface area (TPSA) is 112 Å². The van der Waals surface area contributed by atoms with E-state index in [0.717, 1.165) is 10.4 Å². The summed E-state index contributed by atoms with van der Waals surface area (Å²) >= 11 is 1.39. The van der Waals surface area contributed by atoms with Crippen molar-refractivity contribution in [2.75, 3.05) is 6.54 Å². The van der Waals surface area contributed by atoms with Crippen LogP contribution in [0.15, 0.2) is 59.8 Å². The zero-order valence-electron chi connectivity index (χ0n) is 20.0. The average Bonchev–Trinajstić information content (AvgIpc) is 3.22. The quantitative estimate of drug-likeness (QED) is 0.350. The Labute approximate surface area is 212 Å². The molecule has 11 heteroatoms. The summed E-state index contributed by atoms with van der Waals surface area (Å²) in [6.45, 7) is 6.23. The lowest BCUT2D eigenvalue weighted by atomic mass is 10.1. The molecule has 0 saturated heterocycles. The third-order valence-corrected chi connectivity index (χ3v) is 7.82. The molecule has 5 rings (SSSR count). The van der Waals surface area contributed by atoms with Crippen LogP contribution in [0.3, 0.4) is 0 Å². The normalized spacial score (nSPS) is 13.9. The molecule has 0 unspecified atom stereocenters. The Hall–Kier alpha value is -3.57. The van der Waals surface area contributed by atoms with Crippen LogP contribution in [0.2, 0.25) is 0 Å². The van der Waals surface area contributed by atoms with Gasteiger partial charge in [-0.3, -0.25) is 4.98 Å². The summed E-state index contributed by atoms with van der Waals surface area (Å²) in [6.07, 6.45) is 3.33. The maximum Gasteiger partial charge on any atom is 0.410 e. The third kappa shape index (κ3) is 4.89. The summed E-state index contributed by atoms with van der Waals surface area (Å²) in [5.41, 5.74) is 0.958. The van der Waals surface area contributed by atoms with Gasteiger partial charge >= 0.3 is 16.2 Å². The molecule has 186 valence electrons. The number of fused-ring (bicyclic) bond motifs is 3. The number of ether oxygens (including phenoxy) is 1. The number of rotatable bonds is 4. The van der Waals surface area contributed by atoms with Gasteiger partial charge in [0.25, 0.3) is 0 Å². The Balaban J connectivity index is 1.59. The van der Waals surface area contributed by atoms with Crippen molar-refractivity contribution in [2.24, 2.45) is 0 Å². The molecule has 0 saturated carbocycles. The van der Waals surface area contributed by atoms with E-state index in [9.17, 15) is 13.2 Å². The lowest BCUT2D eigenvalue weighted by Crippen LogP contribution is -2.39. The van der Waals surface area contributed by atoms with Crippen LogP contribution in [-0.4, -0.2) is 46.5 Å². The summed E-state index contributed by atoms with van der Waals surface area (Å²) in [5, 5.41) is 0.552. The number of hydrogen-bond acceptors (Lipinski definition) is 9. The van der Waals surface area contributed by atoms with Crippen LogP contribution in [-0.2, 0) is 27.8 Å². The van der Waals surface area contributed by atoms with E-state index in [2.05, 4.69) is 9.97 Å². The minimum absolute atomic E-state index is 0.0288. The number of carbonyl (C=O) groups excluding carboxylic acids is 1. The van der Waals surface area contributed by atoms with E-state index in [1.807, 2.05) is 20.8 Å². The summed E-state index contributed by atoms with van der Waals surface area (Å²) in [4.78, 5) is 29.1. The molecular weight excluding hydrogens is 500 g/mol. The number of thiophene rings is 1. The summed E-state index contributed by atoms with van der Waals surface area (Å²) in [6, 6.07) is 11.4. The van der Waals surface area contributed by atoms with E-state index in [0.29, 0.717) is 41.1 Å². The first-order valence-electron chi connectivity index (χ1n) is 11.3. The second kappa shape index (κ2) is 9.14. The van der Waals surface area contributed by atoms with Gasteiger partial charge in [-0.1, -0.05) is 18.2 Å². The number of hydrogen-bond donors (Lipinski definition) is 0. The van der Waals surface area contributed by atoms with E-state index in [-0.39, 0.29) is 10.8 Å². The molecule has 9 nitrogen and oxygen atoms in total. The lowest BCUT2D eigenvalue weighted by molar-refractivity contribution is 0.0227. The number of aromatic nitrogens is 3. The van der Waals surface area contributed by atoms with Gasteiger partial charge in [-0.2, -0.15) is 13.4 Å². The Bertz CT molecular complexity index is 1530. The molecular formula is C25H24N4O5S2. The minimum atomic E-state index is -4.14. The van der Waals surface area contributed by atoms with Crippen molar-refractivity contribution < 1.29 is 22.1 Å². The summed E-state index contributed by atoms with van der Waals surface area (Å²) < 4.78 is 37.4. The predicted molar refractivity (Wildman–Crippen MR) is 135 cm³/mol. The standard InChI is InChI=1S/C25H24N4O5S2/c1-25(2,3)33-24(30)29-14-11-18-19(15-29)35-23-20(18)22(27-21(28-23)16-9-12-26-13-10-16)34-36(31,32)17-7-5-4-6-8-17/h4-10,12-13H,11,14-15H2,1-3H3. The van der Waals surface area contributed by atoms with Crippen LogP contribution in [0.5, 0.6) is 5.88 Å². The van der Waals surface area contributed by atoms with Crippen molar-refractivity contribution in [1.82, 2.24) is 19.9 Å². The first-order valence-corrected chi connectivity index (χ1v) is 13.5. The molecule has 3 aromatic heterocycles. The fourth-order valence-corrected chi connectivity index (χ4v) is 6.01. The number of nitrogens with zero attached hydrogens (tertiary/aromatic N) is 4. The number of carbonyl (C=O) groups is 1. The summed E-state index contributed by atoms with van der Waals surface area (Å²) in [7, 11) is -4.14. The maximum atomic E-state index is 13.1. The molecule has 0 aliphatic carbocycles. The molecule has 1 aliphatic heterocycles. The van der Waals surface area contributed by atoms with Gasteiger partial charge in [0, 0.05) is 29.4 Å². The Morgan fingerprint density at radius 1 is 1.06 bits per heavy atom. The van der Waals surface area contributed by atoms with Gasteiger partial charge in [-0.05, 0) is 57.0 Å². The van der Waals surface area contributed by atoms with Crippen LogP contribution >= 0.6 is 11.3 Å². The Morgan fingerprint density at radius 2 is 1.78 bits per heavy atom. The van der Waals surface area contributed by atoms with E-state index in [1.165, 1.54) is 23.5 Å². The molecule has 0 spiro atoms. The van der Waals surface area contributed by atoms with Gasteiger partial charge in [0.05, 0.1) is 11.9 Å². The lowest BCUT2D eigenvalue weighted by Gasteiger charge is -2.30. The molecule has 4 aromatic rings. The molecule has 0 radical (unpaired) electrons. The summed E-state index contributed by atoms with van der Waals surface area (Å²) in [5.74, 6) is 0.296. The van der Waals surface area contributed by atoms with Crippen LogP contribution in [0.1, 0.15) is 31.2 Å². The van der Waals surface area contributed by atoms with Crippen molar-refractivity contribution in [2.45, 2.75) is 44.2 Å². The van der Waals surface area contributed by atoms with Crippen LogP contribution < -0.4 is 4.18 Å². The SMILES string of the molecule is CC(C)(C)OC(=O)N1CCc2c(sc3nc(-c4ccncc4)nc(OS(=O)(=O)c4ccccc4)c23)C1. The van der Waals surface area contributed by atoms with Gasteiger partial charge in [0.2, 0.25) is 5.88 Å². The molecule has 0 bridgehead atoms. The molecule has 1 aromatic carbocycles. The van der Waals surface area contributed by atoms with Gasteiger partial charge in [-0.25, -0.2) is 9.78 Å². The van der Waals surface area contributed by atoms with Crippen LogP contribution in [0.25, 0.3) is 21.6 Å². The molecule has 1 amide bonds. The van der Waals surface area contributed by atoms with Crippen molar-refractivity contribution >= 4 is 37.8 Å². The first-order chi connectivity index (χ1) is 17.1. The zero-order chi connectivity index (χ0) is 25.5. The molecule has 4 heterocycles. The number of pyridine rings is 1. The maximum absolute atomic E-state index is 13.1. The van der Waals surface area contributed by atoms with Crippen molar-refractivity contribution in [3.63, 3.8) is 0 Å². The molecule has 1 aliphatic rings. The van der Waals surface area contributed by atoms with E-state index >= 15 is 0 Å². The predicted octanol–water partition coefficient (Wildman–Crippen LogP) is 4.81. The highest BCUT2D eigenvalue weighted by Gasteiger charge is 2.31. The second-order valence-electron chi connectivity index (χ2n) is 9.27. The largest absolute Gasteiger partial charge is 0.444 e. The van der Waals surface area contributed by atoms with Crippen LogP contribution in [0, 0.1) is 0 Å². The second-order valence-corrected chi connectivity index (χ2v) is 11.9. The van der Waals surface area contributed by atoms with Gasteiger partial charge in [0.1, 0.15) is 15.3 Å². The fourth-order valence-electron chi connectivity index (χ4n) is 3.87. The smallest absolute Gasteiger partial charge is 0.410 e. The minimum Gasteiger partial charge on any atom is -0.444 e. The zero-order valence-corrected chi connectivity index (χ0v) is 21.6. The molecule has 0 atom stereocenters. The third-order valence-electron chi connectivity index (χ3n) is 5.48. The van der Waals surface area contributed by atoms with Crippen LogP contribution in [0.4, 0.5) is 4.79 Å². The fraction of sp³-hybridized carbons (Fsp3) is 0.280. The van der Waals surface area contributed by atoms with Crippen molar-refractivity contribution in [3.8, 4) is 17.3 Å². The highest BCUT2D eigenvalue weighted by molar-refractivity contribution is 7.87. The number of amides is 1. The monoisotopic (exact) mass is 524 g/mol.